The van der Waals surface area contributed by atoms with Gasteiger partial charge in [-0.25, -0.2) is 0 Å². The third kappa shape index (κ3) is 1.48. The van der Waals surface area contributed by atoms with Crippen LogP contribution in [0, 0.1) is 18.4 Å². The number of hydrogen-bond donors (Lipinski definition) is 0. The Morgan fingerprint density at radius 3 is 2.58 bits per heavy atom. The molecule has 0 atom stereocenters. The van der Waals surface area contributed by atoms with Gasteiger partial charge in [-0.2, -0.15) is 0 Å². The molecule has 0 radical (unpaired) electrons. The summed E-state index contributed by atoms with van der Waals surface area (Å²) < 4.78 is 9.75. The van der Waals surface area contributed by atoms with Crippen molar-refractivity contribution in [1.82, 2.24) is 0 Å². The minimum Gasteiger partial charge on any atom is -0.496 e. The predicted molar refractivity (Wildman–Crippen MR) is 44.0 cm³/mol. The SMILES string of the molecule is COc1cccc(OC#N)c1C. The largest absolute Gasteiger partial charge is 0.496 e. The first-order valence-corrected chi connectivity index (χ1v) is 3.49. The minimum atomic E-state index is 0.539. The van der Waals surface area contributed by atoms with Crippen LogP contribution in [0.4, 0.5) is 0 Å². The molecule has 0 unspecified atom stereocenters. The molecule has 0 saturated carbocycles. The maximum absolute atomic E-state index is 8.29. The van der Waals surface area contributed by atoms with Gasteiger partial charge in [0.15, 0.2) is 0 Å². The molecule has 3 heteroatoms. The molecule has 0 fully saturated rings. The van der Waals surface area contributed by atoms with Gasteiger partial charge in [-0.05, 0) is 19.1 Å². The van der Waals surface area contributed by atoms with E-state index in [0.717, 1.165) is 11.3 Å². The fraction of sp³-hybridized carbons (Fsp3) is 0.222. The van der Waals surface area contributed by atoms with Gasteiger partial charge >= 0.3 is 0 Å². The van der Waals surface area contributed by atoms with Gasteiger partial charge in [0, 0.05) is 5.56 Å². The Kier molecular flexibility index (Phi) is 2.54. The van der Waals surface area contributed by atoms with E-state index in [1.54, 1.807) is 25.5 Å². The molecule has 1 aromatic carbocycles. The molecule has 62 valence electrons. The van der Waals surface area contributed by atoms with Crippen molar-refractivity contribution in [2.75, 3.05) is 7.11 Å². The van der Waals surface area contributed by atoms with E-state index >= 15 is 0 Å². The molecule has 0 heterocycles. The second-order valence-corrected chi connectivity index (χ2v) is 2.28. The zero-order chi connectivity index (χ0) is 8.97. The summed E-state index contributed by atoms with van der Waals surface area (Å²) in [7, 11) is 1.58. The second-order valence-electron chi connectivity index (χ2n) is 2.28. The molecule has 0 amide bonds. The third-order valence-corrected chi connectivity index (χ3v) is 1.61. The molecule has 0 saturated heterocycles. The molecule has 0 aliphatic heterocycles. The standard InChI is InChI=1S/C9H9NO2/c1-7-8(11-2)4-3-5-9(7)12-6-10/h3-5H,1-2H3. The molecule has 1 aromatic rings. The summed E-state index contributed by atoms with van der Waals surface area (Å²) >= 11 is 0. The summed E-state index contributed by atoms with van der Waals surface area (Å²) in [5, 5.41) is 8.29. The number of hydrogen-bond acceptors (Lipinski definition) is 3. The first kappa shape index (κ1) is 8.41. The average Bonchev–Trinajstić information content (AvgIpc) is 2.09. The zero-order valence-electron chi connectivity index (χ0n) is 7.00. The molecule has 0 spiro atoms. The van der Waals surface area contributed by atoms with Crippen LogP contribution >= 0.6 is 0 Å². The van der Waals surface area contributed by atoms with Gasteiger partial charge in [-0.15, -0.1) is 5.26 Å². The van der Waals surface area contributed by atoms with E-state index in [4.69, 9.17) is 14.7 Å². The van der Waals surface area contributed by atoms with Crippen LogP contribution in [-0.2, 0) is 0 Å². The Balaban J connectivity index is 3.07. The van der Waals surface area contributed by atoms with Crippen LogP contribution in [0.2, 0.25) is 0 Å². The van der Waals surface area contributed by atoms with Crippen LogP contribution in [0.5, 0.6) is 11.5 Å². The van der Waals surface area contributed by atoms with E-state index in [1.807, 2.05) is 13.0 Å². The van der Waals surface area contributed by atoms with Crippen LogP contribution < -0.4 is 9.47 Å². The van der Waals surface area contributed by atoms with Crippen molar-refractivity contribution in [3.05, 3.63) is 23.8 Å². The van der Waals surface area contributed by atoms with Crippen LogP contribution in [0.15, 0.2) is 18.2 Å². The highest BCUT2D eigenvalue weighted by molar-refractivity contribution is 5.43. The summed E-state index contributed by atoms with van der Waals surface area (Å²) in [6, 6.07) is 5.32. The molecule has 0 bridgehead atoms. The fourth-order valence-electron chi connectivity index (χ4n) is 0.975. The Bertz CT molecular complexity index is 315. The number of rotatable bonds is 2. The number of nitrogens with zero attached hydrogens (tertiary/aromatic N) is 1. The van der Waals surface area contributed by atoms with E-state index in [-0.39, 0.29) is 0 Å². The van der Waals surface area contributed by atoms with Crippen molar-refractivity contribution < 1.29 is 9.47 Å². The second kappa shape index (κ2) is 3.63. The van der Waals surface area contributed by atoms with E-state index in [2.05, 4.69) is 0 Å². The number of benzene rings is 1. The first-order valence-electron chi connectivity index (χ1n) is 3.49. The molecule has 0 aromatic heterocycles. The molecular formula is C9H9NO2. The molecule has 12 heavy (non-hydrogen) atoms. The van der Waals surface area contributed by atoms with Crippen LogP contribution in [-0.4, -0.2) is 7.11 Å². The van der Waals surface area contributed by atoms with Crippen molar-refractivity contribution in [2.45, 2.75) is 6.92 Å². The van der Waals surface area contributed by atoms with Gasteiger partial charge in [-0.1, -0.05) is 6.07 Å². The lowest BCUT2D eigenvalue weighted by molar-refractivity contribution is 0.406. The highest BCUT2D eigenvalue weighted by Gasteiger charge is 2.03. The molecule has 0 aliphatic rings. The first-order chi connectivity index (χ1) is 5.79. The van der Waals surface area contributed by atoms with Crippen molar-refractivity contribution >= 4 is 0 Å². The third-order valence-electron chi connectivity index (χ3n) is 1.61. The Morgan fingerprint density at radius 2 is 2.00 bits per heavy atom. The van der Waals surface area contributed by atoms with E-state index < -0.39 is 0 Å². The van der Waals surface area contributed by atoms with Gasteiger partial charge in [0.1, 0.15) is 11.5 Å². The molecule has 3 nitrogen and oxygen atoms in total. The van der Waals surface area contributed by atoms with E-state index in [1.165, 1.54) is 0 Å². The Hall–Kier alpha value is -1.69. The average molecular weight is 163 g/mol. The number of ether oxygens (including phenoxy) is 2. The maximum Gasteiger partial charge on any atom is 0.292 e. The van der Waals surface area contributed by atoms with Crippen LogP contribution in [0.25, 0.3) is 0 Å². The molecular weight excluding hydrogens is 154 g/mol. The van der Waals surface area contributed by atoms with E-state index in [9.17, 15) is 0 Å². The van der Waals surface area contributed by atoms with Crippen molar-refractivity contribution in [3.63, 3.8) is 0 Å². The van der Waals surface area contributed by atoms with Gasteiger partial charge < -0.3 is 9.47 Å². The number of nitriles is 1. The fourth-order valence-corrected chi connectivity index (χ4v) is 0.975. The van der Waals surface area contributed by atoms with Crippen molar-refractivity contribution in [3.8, 4) is 17.8 Å². The summed E-state index contributed by atoms with van der Waals surface area (Å²) in [5.74, 6) is 1.26. The van der Waals surface area contributed by atoms with Gasteiger partial charge in [0.05, 0.1) is 7.11 Å². The lowest BCUT2D eigenvalue weighted by Crippen LogP contribution is -1.90. The Labute approximate surface area is 71.1 Å². The van der Waals surface area contributed by atoms with Crippen LogP contribution in [0.1, 0.15) is 5.56 Å². The molecule has 0 N–H and O–H groups in total. The van der Waals surface area contributed by atoms with Gasteiger partial charge in [0.2, 0.25) is 0 Å². The Morgan fingerprint density at radius 1 is 1.33 bits per heavy atom. The monoisotopic (exact) mass is 163 g/mol. The van der Waals surface area contributed by atoms with Gasteiger partial charge in [0.25, 0.3) is 6.26 Å². The lowest BCUT2D eigenvalue weighted by Gasteiger charge is -2.06. The summed E-state index contributed by atoms with van der Waals surface area (Å²) in [6.07, 6.45) is 1.62. The van der Waals surface area contributed by atoms with Crippen molar-refractivity contribution in [1.29, 1.82) is 5.26 Å². The number of methoxy groups -OCH3 is 1. The summed E-state index contributed by atoms with van der Waals surface area (Å²) in [5.41, 5.74) is 0.835. The normalized spacial score (nSPS) is 8.75. The quantitative estimate of drug-likeness (QED) is 0.625. The summed E-state index contributed by atoms with van der Waals surface area (Å²) in [4.78, 5) is 0. The highest BCUT2D eigenvalue weighted by atomic mass is 16.5. The minimum absolute atomic E-state index is 0.539. The lowest BCUT2D eigenvalue weighted by atomic mass is 10.2. The maximum atomic E-state index is 8.29. The zero-order valence-corrected chi connectivity index (χ0v) is 7.00. The summed E-state index contributed by atoms with van der Waals surface area (Å²) in [6.45, 7) is 1.84. The van der Waals surface area contributed by atoms with Crippen LogP contribution in [0.3, 0.4) is 0 Å². The highest BCUT2D eigenvalue weighted by Crippen LogP contribution is 2.26. The topological polar surface area (TPSA) is 42.2 Å². The predicted octanol–water partition coefficient (Wildman–Crippen LogP) is 1.86. The van der Waals surface area contributed by atoms with E-state index in [0.29, 0.717) is 5.75 Å². The van der Waals surface area contributed by atoms with Crippen molar-refractivity contribution in [2.24, 2.45) is 0 Å². The van der Waals surface area contributed by atoms with Gasteiger partial charge in [-0.3, -0.25) is 0 Å². The smallest absolute Gasteiger partial charge is 0.292 e. The molecule has 1 rings (SSSR count). The molecule has 0 aliphatic carbocycles.